The molecular weight excluding hydrogens is 328 g/mol. The predicted octanol–water partition coefficient (Wildman–Crippen LogP) is 3.25. The van der Waals surface area contributed by atoms with Crippen molar-refractivity contribution in [2.75, 3.05) is 0 Å². The summed E-state index contributed by atoms with van der Waals surface area (Å²) in [6.07, 6.45) is 0. The molecule has 1 radical (unpaired) electrons. The molecule has 4 rings (SSSR count). The first-order chi connectivity index (χ1) is 12.8. The molecule has 0 aromatic heterocycles. The molecule has 0 heterocycles. The highest BCUT2D eigenvalue weighted by Crippen LogP contribution is 2.10. The molecule has 0 aliphatic carbocycles. The molecule has 0 saturated heterocycles. The Bertz CT molecular complexity index is 862. The molecule has 125 valence electrons. The summed E-state index contributed by atoms with van der Waals surface area (Å²) in [6, 6.07) is 41.7. The average molecular weight is 350 g/mol. The summed E-state index contributed by atoms with van der Waals surface area (Å²) in [4.78, 5) is 0. The van der Waals surface area contributed by atoms with Gasteiger partial charge < -0.3 is 0 Å². The fourth-order valence-electron chi connectivity index (χ4n) is 3.82. The summed E-state index contributed by atoms with van der Waals surface area (Å²) in [7, 11) is -2.35. The molecular formula is C25H21Si. The van der Waals surface area contributed by atoms with Crippen molar-refractivity contribution >= 4 is 28.8 Å². The summed E-state index contributed by atoms with van der Waals surface area (Å²) in [5.41, 5.74) is 1.05. The van der Waals surface area contributed by atoms with E-state index in [9.17, 15) is 0 Å². The van der Waals surface area contributed by atoms with Gasteiger partial charge in [-0.25, -0.2) is 0 Å². The Labute approximate surface area is 156 Å². The van der Waals surface area contributed by atoms with Crippen molar-refractivity contribution in [2.24, 2.45) is 0 Å². The molecule has 0 aliphatic heterocycles. The van der Waals surface area contributed by atoms with Gasteiger partial charge in [0.1, 0.15) is 0 Å². The average Bonchev–Trinajstić information content (AvgIpc) is 2.72. The van der Waals surface area contributed by atoms with Crippen LogP contribution in [0, 0.1) is 6.92 Å². The van der Waals surface area contributed by atoms with Gasteiger partial charge in [-0.3, -0.25) is 0 Å². The molecule has 0 fully saturated rings. The molecule has 0 aliphatic rings. The summed E-state index contributed by atoms with van der Waals surface area (Å²) >= 11 is 0. The molecule has 26 heavy (non-hydrogen) atoms. The van der Waals surface area contributed by atoms with Gasteiger partial charge in [-0.05, 0) is 33.2 Å². The molecule has 4 aromatic rings. The predicted molar refractivity (Wildman–Crippen MR) is 115 cm³/mol. The second-order valence-corrected chi connectivity index (χ2v) is 10.4. The van der Waals surface area contributed by atoms with E-state index in [2.05, 4.69) is 122 Å². The standard InChI is InChI=1S/C25H21Si/c1-21-17-19-25(20-18-21)26(22-11-5-2-6-12-22,23-13-7-3-8-14-23)24-15-9-4-10-16-24/h2-20H,1H2. The third-order valence-corrected chi connectivity index (χ3v) is 9.80. The highest BCUT2D eigenvalue weighted by molar-refractivity contribution is 7.19. The Morgan fingerprint density at radius 3 is 1.04 bits per heavy atom. The first kappa shape index (κ1) is 16.6. The van der Waals surface area contributed by atoms with Crippen molar-refractivity contribution < 1.29 is 0 Å². The van der Waals surface area contributed by atoms with E-state index in [-0.39, 0.29) is 0 Å². The van der Waals surface area contributed by atoms with Gasteiger partial charge in [0, 0.05) is 0 Å². The summed E-state index contributed by atoms with van der Waals surface area (Å²) < 4.78 is 0. The molecule has 4 aromatic carbocycles. The molecule has 0 bridgehead atoms. The fraction of sp³-hybridized carbons (Fsp3) is 0. The van der Waals surface area contributed by atoms with Crippen LogP contribution in [-0.4, -0.2) is 8.07 Å². The normalized spacial score (nSPS) is 11.3. The van der Waals surface area contributed by atoms with E-state index in [1.807, 2.05) is 0 Å². The van der Waals surface area contributed by atoms with Crippen LogP contribution in [0.5, 0.6) is 0 Å². The van der Waals surface area contributed by atoms with Crippen molar-refractivity contribution in [1.82, 2.24) is 0 Å². The highest BCUT2D eigenvalue weighted by Gasteiger charge is 2.40. The molecule has 0 atom stereocenters. The van der Waals surface area contributed by atoms with Crippen LogP contribution in [-0.2, 0) is 0 Å². The fourth-order valence-corrected chi connectivity index (χ4v) is 8.56. The maximum atomic E-state index is 4.08. The second kappa shape index (κ2) is 7.15. The van der Waals surface area contributed by atoms with E-state index in [1.54, 1.807) is 0 Å². The highest BCUT2D eigenvalue weighted by atomic mass is 28.3. The zero-order valence-electron chi connectivity index (χ0n) is 14.7. The number of hydrogen-bond acceptors (Lipinski definition) is 0. The largest absolute Gasteiger partial charge is 0.179 e. The van der Waals surface area contributed by atoms with Gasteiger partial charge in [0.15, 0.2) is 8.07 Å². The van der Waals surface area contributed by atoms with Crippen LogP contribution in [0.15, 0.2) is 115 Å². The van der Waals surface area contributed by atoms with Crippen molar-refractivity contribution in [3.05, 3.63) is 128 Å². The van der Waals surface area contributed by atoms with E-state index in [0.29, 0.717) is 0 Å². The molecule has 1 heteroatoms. The van der Waals surface area contributed by atoms with Gasteiger partial charge >= 0.3 is 0 Å². The van der Waals surface area contributed by atoms with Gasteiger partial charge in [-0.15, -0.1) is 0 Å². The monoisotopic (exact) mass is 349 g/mol. The van der Waals surface area contributed by atoms with Crippen LogP contribution in [0.3, 0.4) is 0 Å². The van der Waals surface area contributed by atoms with Gasteiger partial charge in [0.05, 0.1) is 0 Å². The topological polar surface area (TPSA) is 0 Å². The molecule has 0 spiro atoms. The first-order valence-electron chi connectivity index (χ1n) is 8.91. The minimum atomic E-state index is -2.35. The number of hydrogen-bond donors (Lipinski definition) is 0. The molecule has 0 N–H and O–H groups in total. The SMILES string of the molecule is [CH2]c1ccc([Si](c2ccccc2)(c2ccccc2)c2ccccc2)cc1. The van der Waals surface area contributed by atoms with Crippen LogP contribution in [0.4, 0.5) is 0 Å². The number of benzene rings is 4. The van der Waals surface area contributed by atoms with Crippen molar-refractivity contribution in [1.29, 1.82) is 0 Å². The molecule has 0 amide bonds. The molecule has 0 nitrogen and oxygen atoms in total. The first-order valence-corrected chi connectivity index (χ1v) is 10.9. The number of rotatable bonds is 4. The van der Waals surface area contributed by atoms with Crippen LogP contribution < -0.4 is 20.7 Å². The lowest BCUT2D eigenvalue weighted by Crippen LogP contribution is -2.74. The summed E-state index contributed by atoms with van der Waals surface area (Å²) in [6.45, 7) is 4.08. The lowest BCUT2D eigenvalue weighted by molar-refractivity contribution is 1.62. The van der Waals surface area contributed by atoms with E-state index in [4.69, 9.17) is 0 Å². The van der Waals surface area contributed by atoms with Gasteiger partial charge in [-0.1, -0.05) is 115 Å². The lowest BCUT2D eigenvalue weighted by Gasteiger charge is -2.34. The minimum absolute atomic E-state index is 1.05. The Balaban J connectivity index is 2.12. The maximum absolute atomic E-state index is 4.08. The summed E-state index contributed by atoms with van der Waals surface area (Å²) in [5, 5.41) is 5.58. The van der Waals surface area contributed by atoms with Crippen LogP contribution in [0.2, 0.25) is 0 Å². The zero-order chi connectivity index (χ0) is 17.8. The maximum Gasteiger partial charge on any atom is 0.179 e. The Hall–Kier alpha value is -2.90. The molecule has 0 saturated carbocycles. The van der Waals surface area contributed by atoms with E-state index < -0.39 is 8.07 Å². The van der Waals surface area contributed by atoms with Crippen LogP contribution >= 0.6 is 0 Å². The van der Waals surface area contributed by atoms with Crippen molar-refractivity contribution in [3.8, 4) is 0 Å². The van der Waals surface area contributed by atoms with Gasteiger partial charge in [0.25, 0.3) is 0 Å². The van der Waals surface area contributed by atoms with Gasteiger partial charge in [-0.2, -0.15) is 0 Å². The van der Waals surface area contributed by atoms with E-state index in [0.717, 1.165) is 5.56 Å². The Morgan fingerprint density at radius 1 is 0.385 bits per heavy atom. The Kier molecular flexibility index (Phi) is 4.55. The van der Waals surface area contributed by atoms with Crippen molar-refractivity contribution in [3.63, 3.8) is 0 Å². The summed E-state index contributed by atoms with van der Waals surface area (Å²) in [5.74, 6) is 0. The quantitative estimate of drug-likeness (QED) is 0.392. The molecule has 0 unspecified atom stereocenters. The smallest absolute Gasteiger partial charge is 0.0623 e. The second-order valence-electron chi connectivity index (χ2n) is 6.54. The van der Waals surface area contributed by atoms with E-state index in [1.165, 1.54) is 20.7 Å². The van der Waals surface area contributed by atoms with Crippen LogP contribution in [0.1, 0.15) is 5.56 Å². The van der Waals surface area contributed by atoms with Crippen molar-refractivity contribution in [2.45, 2.75) is 0 Å². The lowest BCUT2D eigenvalue weighted by atomic mass is 10.2. The third kappa shape index (κ3) is 2.81. The zero-order valence-corrected chi connectivity index (χ0v) is 15.7. The minimum Gasteiger partial charge on any atom is -0.0623 e. The van der Waals surface area contributed by atoms with Gasteiger partial charge in [0.2, 0.25) is 0 Å². The van der Waals surface area contributed by atoms with Crippen LogP contribution in [0.25, 0.3) is 0 Å². The Morgan fingerprint density at radius 2 is 0.692 bits per heavy atom. The van der Waals surface area contributed by atoms with E-state index >= 15 is 0 Å². The third-order valence-electron chi connectivity index (χ3n) is 5.01.